The van der Waals surface area contributed by atoms with Crippen LogP contribution in [0.5, 0.6) is 0 Å². The van der Waals surface area contributed by atoms with E-state index in [-0.39, 0.29) is 0 Å². The lowest BCUT2D eigenvalue weighted by molar-refractivity contribution is 1.36. The maximum Gasteiger partial charge on any atom is 0.167 e. The fourth-order valence-corrected chi connectivity index (χ4v) is 2.04. The molecule has 0 saturated carbocycles. The molecule has 0 fully saturated rings. The van der Waals surface area contributed by atoms with Gasteiger partial charge in [-0.1, -0.05) is 18.2 Å². The molecule has 1 heteroatoms. The number of benzene rings is 2. The standard InChI is InChI=1S/C14H13N/c1-9-7-12-11-5-3-4-6-13(11)15-14(12)8-10(9)2/h3-8,15H,1-2H3/i/hT. The van der Waals surface area contributed by atoms with E-state index in [1.165, 1.54) is 21.5 Å². The highest BCUT2D eigenvalue weighted by atomic mass is 14.7. The highest BCUT2D eigenvalue weighted by Crippen LogP contribution is 2.27. The minimum Gasteiger partial charge on any atom is -0.355 e. The number of H-pyrrole nitrogens is 1. The average Bonchev–Trinajstić information content (AvgIpc) is 2.55. The maximum atomic E-state index is 8.10. The van der Waals surface area contributed by atoms with E-state index in [2.05, 4.69) is 32.0 Å². The molecule has 0 aliphatic heterocycles. The molecule has 1 heterocycles. The smallest absolute Gasteiger partial charge is 0.167 e. The van der Waals surface area contributed by atoms with Crippen LogP contribution in [0, 0.1) is 13.8 Å². The van der Waals surface area contributed by atoms with Gasteiger partial charge in [0.15, 0.2) is 1.41 Å². The monoisotopic (exact) mass is 197 g/mol. The number of rotatable bonds is 0. The molecule has 0 radical (unpaired) electrons. The van der Waals surface area contributed by atoms with Gasteiger partial charge < -0.3 is 4.98 Å². The van der Waals surface area contributed by atoms with Crippen LogP contribution in [0.15, 0.2) is 36.4 Å². The summed E-state index contributed by atoms with van der Waals surface area (Å²) in [5.41, 5.74) is 4.49. The fourth-order valence-electron chi connectivity index (χ4n) is 2.04. The van der Waals surface area contributed by atoms with Crippen molar-refractivity contribution in [3.05, 3.63) is 47.5 Å². The van der Waals surface area contributed by atoms with Crippen molar-refractivity contribution in [2.24, 2.45) is 0 Å². The molecule has 0 bridgehead atoms. The molecule has 74 valence electrons. The van der Waals surface area contributed by atoms with Gasteiger partial charge >= 0.3 is 0 Å². The summed E-state index contributed by atoms with van der Waals surface area (Å²) in [6.45, 7) is 4.21. The number of fused-ring (bicyclic) bond motifs is 3. The third-order valence-electron chi connectivity index (χ3n) is 3.05. The molecule has 1 nitrogen and oxygen atoms in total. The minimum absolute atomic E-state index is 0.975. The lowest BCUT2D eigenvalue weighted by atomic mass is 10.1. The molecule has 0 amide bonds. The Balaban J connectivity index is 2.62. The number of hydrogen-bond acceptors (Lipinski definition) is 0. The largest absolute Gasteiger partial charge is 0.355 e. The molecule has 0 aliphatic rings. The van der Waals surface area contributed by atoms with Crippen molar-refractivity contribution in [2.75, 3.05) is 0 Å². The van der Waals surface area contributed by atoms with E-state index >= 15 is 0 Å². The maximum absolute atomic E-state index is 8.10. The molecule has 0 atom stereocenters. The van der Waals surface area contributed by atoms with Crippen molar-refractivity contribution < 1.29 is 1.41 Å². The van der Waals surface area contributed by atoms with E-state index in [4.69, 9.17) is 1.41 Å². The van der Waals surface area contributed by atoms with Crippen LogP contribution in [-0.4, -0.2) is 4.98 Å². The lowest BCUT2D eigenvalue weighted by Gasteiger charge is -1.99. The number of aryl methyl sites for hydroxylation is 2. The zero-order valence-electron chi connectivity index (χ0n) is 9.91. The molecule has 2 aromatic carbocycles. The van der Waals surface area contributed by atoms with E-state index in [0.29, 0.717) is 0 Å². The quantitative estimate of drug-likeness (QED) is 0.562. The van der Waals surface area contributed by atoms with E-state index < -0.39 is 0 Å². The molecule has 0 aliphatic carbocycles. The number of nitrogens with one attached hydrogen (secondary N) is 1. The van der Waals surface area contributed by atoms with Gasteiger partial charge in [0.2, 0.25) is 0 Å². The molecule has 3 aromatic rings. The van der Waals surface area contributed by atoms with Crippen molar-refractivity contribution in [2.45, 2.75) is 13.8 Å². The highest BCUT2D eigenvalue weighted by Gasteiger charge is 2.04. The molecule has 1 N–H and O–H groups in total. The Hall–Kier alpha value is -1.76. The highest BCUT2D eigenvalue weighted by molar-refractivity contribution is 6.07. The average molecular weight is 197 g/mol. The van der Waals surface area contributed by atoms with Gasteiger partial charge in [-0.15, -0.1) is 0 Å². The van der Waals surface area contributed by atoms with Gasteiger partial charge in [-0.05, 0) is 43.2 Å². The van der Waals surface area contributed by atoms with Crippen LogP contribution >= 0.6 is 0 Å². The van der Waals surface area contributed by atoms with Crippen LogP contribution < -0.4 is 0 Å². The first-order valence-corrected chi connectivity index (χ1v) is 5.18. The minimum atomic E-state index is 0.975. The summed E-state index contributed by atoms with van der Waals surface area (Å²) in [7, 11) is 0. The molecule has 0 saturated heterocycles. The Morgan fingerprint density at radius 3 is 2.53 bits per heavy atom. The van der Waals surface area contributed by atoms with Crippen LogP contribution in [0.1, 0.15) is 11.1 Å². The molecule has 0 unspecified atom stereocenters. The Morgan fingerprint density at radius 2 is 1.67 bits per heavy atom. The van der Waals surface area contributed by atoms with E-state index in [1.54, 1.807) is 0 Å². The zero-order valence-corrected chi connectivity index (χ0v) is 8.91. The summed E-state index contributed by atoms with van der Waals surface area (Å²) in [4.78, 5) is 1.52. The first kappa shape index (κ1) is 7.52. The van der Waals surface area contributed by atoms with Crippen LogP contribution in [0.4, 0.5) is 0 Å². The Bertz CT molecular complexity index is 695. The van der Waals surface area contributed by atoms with Gasteiger partial charge in [-0.2, -0.15) is 0 Å². The van der Waals surface area contributed by atoms with Crippen LogP contribution in [0.3, 0.4) is 0 Å². The Morgan fingerprint density at radius 1 is 0.933 bits per heavy atom. The van der Waals surface area contributed by atoms with Gasteiger partial charge in [0.25, 0.3) is 0 Å². The van der Waals surface area contributed by atoms with Crippen molar-refractivity contribution in [3.8, 4) is 0 Å². The molecule has 0 spiro atoms. The second kappa shape index (κ2) is 2.86. The molecule has 3 rings (SSSR count). The van der Waals surface area contributed by atoms with Gasteiger partial charge in [-0.3, -0.25) is 0 Å². The van der Waals surface area contributed by atoms with Gasteiger partial charge in [0.1, 0.15) is 0 Å². The van der Waals surface area contributed by atoms with Gasteiger partial charge in [0.05, 0.1) is 0 Å². The summed E-state index contributed by atoms with van der Waals surface area (Å²) in [6.07, 6.45) is 0. The second-order valence-electron chi connectivity index (χ2n) is 4.08. The van der Waals surface area contributed by atoms with Crippen molar-refractivity contribution in [1.29, 1.82) is 0 Å². The SMILES string of the molecule is [3H]n1c2ccccc2c2cc(C)c(C)cc21. The second-order valence-corrected chi connectivity index (χ2v) is 4.08. The number of aromatic nitrogens is 1. The normalized spacial score (nSPS) is 12.3. The van der Waals surface area contributed by atoms with Crippen LogP contribution in [0.25, 0.3) is 21.8 Å². The number of para-hydroxylation sites is 1. The summed E-state index contributed by atoms with van der Waals surface area (Å²) in [5, 5.41) is 2.34. The summed E-state index contributed by atoms with van der Waals surface area (Å²) < 4.78 is 8.10. The first-order chi connectivity index (χ1) is 7.68. The summed E-state index contributed by atoms with van der Waals surface area (Å²) in [6, 6.07) is 12.4. The van der Waals surface area contributed by atoms with Crippen molar-refractivity contribution in [1.82, 2.24) is 4.98 Å². The third-order valence-corrected chi connectivity index (χ3v) is 3.05. The van der Waals surface area contributed by atoms with E-state index in [0.717, 1.165) is 16.4 Å². The number of hydrogen-bond donors (Lipinski definition) is 1. The Kier molecular flexibility index (Phi) is 1.44. The van der Waals surface area contributed by atoms with Gasteiger partial charge in [0, 0.05) is 21.8 Å². The summed E-state index contributed by atoms with van der Waals surface area (Å²) in [5.74, 6) is 0. The number of aromatic amines is 1. The molecular formula is C14H13N. The van der Waals surface area contributed by atoms with Crippen LogP contribution in [0.2, 0.25) is 1.41 Å². The lowest BCUT2D eigenvalue weighted by Crippen LogP contribution is -1.79. The zero-order chi connectivity index (χ0) is 11.3. The molecule has 1 aromatic heterocycles. The molecular weight excluding hydrogens is 182 g/mol. The van der Waals surface area contributed by atoms with Crippen LogP contribution in [-0.2, 0) is 0 Å². The van der Waals surface area contributed by atoms with Crippen molar-refractivity contribution in [3.63, 3.8) is 0 Å². The first-order valence-electron chi connectivity index (χ1n) is 5.63. The predicted octanol–water partition coefficient (Wildman–Crippen LogP) is 3.94. The van der Waals surface area contributed by atoms with Gasteiger partial charge in [-0.25, -0.2) is 0 Å². The molecule has 15 heavy (non-hydrogen) atoms. The van der Waals surface area contributed by atoms with E-state index in [1.807, 2.05) is 18.2 Å². The van der Waals surface area contributed by atoms with E-state index in [9.17, 15) is 0 Å². The predicted molar refractivity (Wildman–Crippen MR) is 65.3 cm³/mol. The fraction of sp³-hybridized carbons (Fsp3) is 0.143. The third kappa shape index (κ3) is 1.16. The topological polar surface area (TPSA) is 15.8 Å². The Labute approximate surface area is 90.2 Å². The summed E-state index contributed by atoms with van der Waals surface area (Å²) >= 11 is 0. The van der Waals surface area contributed by atoms with Crippen molar-refractivity contribution >= 4 is 21.8 Å².